The minimum atomic E-state index is -4.54. The second-order valence-electron chi connectivity index (χ2n) is 7.64. The van der Waals surface area contributed by atoms with Gasteiger partial charge in [0.1, 0.15) is 0 Å². The largest absolute Gasteiger partial charge is 0.417 e. The number of rotatable bonds is 3. The van der Waals surface area contributed by atoms with Crippen LogP contribution in [0.4, 0.5) is 13.2 Å². The Balaban J connectivity index is 1.59. The Kier molecular flexibility index (Phi) is 5.29. The number of nitrogens with zero attached hydrogens (tertiary/aromatic N) is 4. The Labute approximate surface area is 175 Å². The summed E-state index contributed by atoms with van der Waals surface area (Å²) in [7, 11) is 0. The highest BCUT2D eigenvalue weighted by Gasteiger charge is 2.37. The fourth-order valence-corrected chi connectivity index (χ4v) is 4.91. The molecule has 0 spiro atoms. The first kappa shape index (κ1) is 20.8. The molecule has 1 saturated heterocycles. The van der Waals surface area contributed by atoms with Crippen LogP contribution in [0, 0.1) is 20.8 Å². The average molecular weight is 438 g/mol. The van der Waals surface area contributed by atoms with Gasteiger partial charge in [-0.25, -0.2) is 9.97 Å². The Morgan fingerprint density at radius 2 is 2.03 bits per heavy atom. The van der Waals surface area contributed by atoms with Crippen molar-refractivity contribution in [3.05, 3.63) is 38.6 Å². The van der Waals surface area contributed by atoms with E-state index in [4.69, 9.17) is 4.52 Å². The zero-order valence-electron chi connectivity index (χ0n) is 16.8. The minimum Gasteiger partial charge on any atom is -0.342 e. The fourth-order valence-electron chi connectivity index (χ4n) is 3.98. The number of piperidine rings is 1. The number of aryl methyl sites for hydroxylation is 3. The summed E-state index contributed by atoms with van der Waals surface area (Å²) in [4.78, 5) is 24.1. The Morgan fingerprint density at radius 1 is 1.27 bits per heavy atom. The van der Waals surface area contributed by atoms with Crippen molar-refractivity contribution in [3.63, 3.8) is 0 Å². The molecule has 1 fully saturated rings. The van der Waals surface area contributed by atoms with Crippen molar-refractivity contribution in [1.29, 1.82) is 0 Å². The van der Waals surface area contributed by atoms with Gasteiger partial charge in [0.2, 0.25) is 5.91 Å². The van der Waals surface area contributed by atoms with Crippen LogP contribution in [0.25, 0.3) is 11.1 Å². The van der Waals surface area contributed by atoms with Gasteiger partial charge in [-0.2, -0.15) is 13.2 Å². The highest BCUT2D eigenvalue weighted by molar-refractivity contribution is 7.11. The maximum absolute atomic E-state index is 13.6. The van der Waals surface area contributed by atoms with Crippen molar-refractivity contribution in [2.45, 2.75) is 52.1 Å². The number of carbonyl (C=O) groups excluding carboxylic acids is 1. The van der Waals surface area contributed by atoms with Gasteiger partial charge in [-0.05, 0) is 39.7 Å². The first-order chi connectivity index (χ1) is 14.1. The van der Waals surface area contributed by atoms with E-state index in [0.29, 0.717) is 25.9 Å². The molecule has 4 rings (SSSR count). The van der Waals surface area contributed by atoms with Gasteiger partial charge in [-0.1, -0.05) is 5.16 Å². The van der Waals surface area contributed by atoms with Gasteiger partial charge in [0.05, 0.1) is 39.5 Å². The smallest absolute Gasteiger partial charge is 0.342 e. The first-order valence-corrected chi connectivity index (χ1v) is 10.5. The van der Waals surface area contributed by atoms with Gasteiger partial charge in [-0.3, -0.25) is 4.79 Å². The molecule has 6 nitrogen and oxygen atoms in total. The molecule has 0 aliphatic carbocycles. The molecule has 3 aromatic rings. The van der Waals surface area contributed by atoms with Crippen LogP contribution in [-0.2, 0) is 17.4 Å². The van der Waals surface area contributed by atoms with E-state index >= 15 is 0 Å². The number of amides is 1. The monoisotopic (exact) mass is 438 g/mol. The molecule has 0 aromatic carbocycles. The predicted octanol–water partition coefficient (Wildman–Crippen LogP) is 4.57. The molecule has 1 amide bonds. The molecule has 0 saturated carbocycles. The van der Waals surface area contributed by atoms with Gasteiger partial charge in [0.25, 0.3) is 5.71 Å². The highest BCUT2D eigenvalue weighted by Crippen LogP contribution is 2.38. The lowest BCUT2D eigenvalue weighted by molar-refractivity contribution is -0.136. The van der Waals surface area contributed by atoms with E-state index in [-0.39, 0.29) is 40.7 Å². The van der Waals surface area contributed by atoms with E-state index in [1.807, 2.05) is 13.8 Å². The number of hydrogen-bond donors (Lipinski definition) is 0. The van der Waals surface area contributed by atoms with Crippen molar-refractivity contribution in [1.82, 2.24) is 20.0 Å². The van der Waals surface area contributed by atoms with Crippen molar-refractivity contribution in [3.8, 4) is 0 Å². The van der Waals surface area contributed by atoms with Gasteiger partial charge < -0.3 is 9.42 Å². The van der Waals surface area contributed by atoms with Crippen LogP contribution in [0.5, 0.6) is 0 Å². The van der Waals surface area contributed by atoms with Crippen LogP contribution < -0.4 is 0 Å². The fraction of sp³-hybridized carbons (Fsp3) is 0.500. The topological polar surface area (TPSA) is 72.1 Å². The van der Waals surface area contributed by atoms with Crippen LogP contribution in [-0.4, -0.2) is 39.0 Å². The summed E-state index contributed by atoms with van der Waals surface area (Å²) in [6.45, 7) is 6.16. The average Bonchev–Trinajstić information content (AvgIpc) is 3.21. The van der Waals surface area contributed by atoms with E-state index in [1.54, 1.807) is 4.90 Å². The van der Waals surface area contributed by atoms with Crippen molar-refractivity contribution >= 4 is 28.3 Å². The number of hydrogen-bond acceptors (Lipinski definition) is 6. The first-order valence-electron chi connectivity index (χ1n) is 9.68. The zero-order valence-corrected chi connectivity index (χ0v) is 17.7. The third-order valence-corrected chi connectivity index (χ3v) is 6.52. The lowest BCUT2D eigenvalue weighted by Gasteiger charge is -2.32. The zero-order chi connectivity index (χ0) is 21.6. The quantitative estimate of drug-likeness (QED) is 0.599. The Morgan fingerprint density at radius 3 is 2.70 bits per heavy atom. The molecule has 1 aliphatic heterocycles. The van der Waals surface area contributed by atoms with E-state index < -0.39 is 11.7 Å². The molecule has 1 atom stereocenters. The summed E-state index contributed by atoms with van der Waals surface area (Å²) in [6.07, 6.45) is -2.93. The summed E-state index contributed by atoms with van der Waals surface area (Å²) >= 11 is 1.50. The van der Waals surface area contributed by atoms with Crippen LogP contribution in [0.1, 0.15) is 51.3 Å². The summed E-state index contributed by atoms with van der Waals surface area (Å²) in [5.74, 6) is -0.331. The van der Waals surface area contributed by atoms with Gasteiger partial charge in [0.15, 0.2) is 0 Å². The molecular weight excluding hydrogens is 417 g/mol. The summed E-state index contributed by atoms with van der Waals surface area (Å²) in [6, 6.07) is 1.09. The lowest BCUT2D eigenvalue weighted by Crippen LogP contribution is -2.40. The summed E-state index contributed by atoms with van der Waals surface area (Å²) < 4.78 is 46.0. The van der Waals surface area contributed by atoms with Crippen LogP contribution in [0.15, 0.2) is 10.6 Å². The molecule has 10 heteroatoms. The molecule has 1 aliphatic rings. The molecule has 160 valence electrons. The number of pyridine rings is 1. The molecule has 0 bridgehead atoms. The molecule has 30 heavy (non-hydrogen) atoms. The number of aromatic nitrogens is 3. The number of thiazole rings is 1. The second kappa shape index (κ2) is 7.64. The van der Waals surface area contributed by atoms with Crippen molar-refractivity contribution in [2.75, 3.05) is 13.1 Å². The summed E-state index contributed by atoms with van der Waals surface area (Å²) in [5.41, 5.74) is 0.388. The maximum atomic E-state index is 13.6. The van der Waals surface area contributed by atoms with E-state index in [2.05, 4.69) is 15.1 Å². The SMILES string of the molecule is Cc1nc(C)c(CC(=O)N2CCC[C@H](c3cc(C(F)(F)F)c4c(C)noc4n3)C2)s1. The number of carbonyl (C=O) groups is 1. The molecule has 4 heterocycles. The molecule has 0 radical (unpaired) electrons. The van der Waals surface area contributed by atoms with Crippen LogP contribution in [0.2, 0.25) is 0 Å². The lowest BCUT2D eigenvalue weighted by atomic mass is 9.92. The van der Waals surface area contributed by atoms with Crippen molar-refractivity contribution in [2.24, 2.45) is 0 Å². The van der Waals surface area contributed by atoms with Crippen LogP contribution >= 0.6 is 11.3 Å². The molecule has 0 N–H and O–H groups in total. The number of fused-ring (bicyclic) bond motifs is 1. The van der Waals surface area contributed by atoms with Gasteiger partial charge >= 0.3 is 6.18 Å². The Hall–Kier alpha value is -2.49. The second-order valence-corrected chi connectivity index (χ2v) is 8.93. The predicted molar refractivity (Wildman–Crippen MR) is 105 cm³/mol. The standard InChI is InChI=1S/C20H21F3N4O2S/c1-10-16(30-12(3)24-10)8-17(28)27-6-4-5-13(9-27)15-7-14(20(21,22)23)18-11(2)26-29-19(18)25-15/h7,13H,4-6,8-9H2,1-3H3/t13-/m0/s1. The molecular formula is C20H21F3N4O2S. The summed E-state index contributed by atoms with van der Waals surface area (Å²) in [5, 5.41) is 4.45. The number of likely N-dealkylation sites (tertiary alicyclic amines) is 1. The minimum absolute atomic E-state index is 0.0425. The maximum Gasteiger partial charge on any atom is 0.417 e. The number of halogens is 3. The third kappa shape index (κ3) is 3.92. The van der Waals surface area contributed by atoms with Crippen LogP contribution in [0.3, 0.4) is 0 Å². The number of alkyl halides is 3. The van der Waals surface area contributed by atoms with E-state index in [0.717, 1.165) is 21.6 Å². The highest BCUT2D eigenvalue weighted by atomic mass is 32.1. The Bertz CT molecular complexity index is 1110. The molecule has 0 unspecified atom stereocenters. The van der Waals surface area contributed by atoms with Gasteiger partial charge in [0, 0.05) is 23.9 Å². The van der Waals surface area contributed by atoms with Crippen molar-refractivity contribution < 1.29 is 22.5 Å². The van der Waals surface area contributed by atoms with E-state index in [9.17, 15) is 18.0 Å². The van der Waals surface area contributed by atoms with Gasteiger partial charge in [-0.15, -0.1) is 11.3 Å². The molecule has 3 aromatic heterocycles. The van der Waals surface area contributed by atoms with E-state index in [1.165, 1.54) is 18.3 Å². The third-order valence-electron chi connectivity index (χ3n) is 5.45. The normalized spacial score (nSPS) is 17.7.